The lowest BCUT2D eigenvalue weighted by atomic mass is 9.98. The third kappa shape index (κ3) is 6.14. The van der Waals surface area contributed by atoms with Crippen LogP contribution in [0.5, 0.6) is 0 Å². The van der Waals surface area contributed by atoms with Crippen LogP contribution in [-0.4, -0.2) is 126 Å². The van der Waals surface area contributed by atoms with E-state index in [4.69, 9.17) is 14.1 Å². The van der Waals surface area contributed by atoms with Gasteiger partial charge in [0.05, 0.1) is 6.04 Å². The SMILES string of the molecule is C[C@H]1[C@H](NC(=O)/C(=N\OC(C)(C)C(=O)O)c2csc(NC3OC(C(=O)O)C(O)C(O)C3O)n2)C(=O)N1S(=O)(=O)O. The molecule has 2 saturated heterocycles. The highest BCUT2D eigenvalue weighted by atomic mass is 32.2. The number of carbonyl (C=O) groups is 4. The van der Waals surface area contributed by atoms with Gasteiger partial charge in [-0.3, -0.25) is 14.1 Å². The zero-order valence-corrected chi connectivity index (χ0v) is 22.4. The van der Waals surface area contributed by atoms with E-state index < -0.39 is 88.1 Å². The smallest absolute Gasteiger partial charge is 0.362 e. The highest BCUT2D eigenvalue weighted by Gasteiger charge is 2.52. The lowest BCUT2D eigenvalue weighted by Gasteiger charge is -2.42. The average Bonchev–Trinajstić information content (AvgIpc) is 3.29. The third-order valence-corrected chi connectivity index (χ3v) is 7.62. The number of aliphatic carboxylic acids is 2. The number of aromatic nitrogens is 1. The summed E-state index contributed by atoms with van der Waals surface area (Å²) in [6.07, 6.45) is -9.16. The summed E-state index contributed by atoms with van der Waals surface area (Å²) in [7, 11) is -4.89. The van der Waals surface area contributed by atoms with E-state index in [1.54, 1.807) is 0 Å². The maximum atomic E-state index is 13.0. The molecule has 40 heavy (non-hydrogen) atoms. The summed E-state index contributed by atoms with van der Waals surface area (Å²) < 4.78 is 37.0. The van der Waals surface area contributed by atoms with Gasteiger partial charge in [0.25, 0.3) is 11.8 Å². The number of amides is 2. The Labute approximate surface area is 228 Å². The lowest BCUT2D eigenvalue weighted by molar-refractivity contribution is -0.221. The number of nitrogens with zero attached hydrogens (tertiary/aromatic N) is 3. The number of thiazole rings is 1. The van der Waals surface area contributed by atoms with Gasteiger partial charge in [-0.15, -0.1) is 11.3 Å². The number of aliphatic hydroxyl groups excluding tert-OH is 3. The predicted molar refractivity (Wildman–Crippen MR) is 129 cm³/mol. The summed E-state index contributed by atoms with van der Waals surface area (Å²) in [5, 5.41) is 57.8. The number of carboxylic acids is 2. The molecule has 0 radical (unpaired) electrons. The fourth-order valence-electron chi connectivity index (χ4n) is 3.49. The van der Waals surface area contributed by atoms with Crippen LogP contribution in [0, 0.1) is 0 Å². The van der Waals surface area contributed by atoms with E-state index in [1.165, 1.54) is 12.3 Å². The molecule has 0 bridgehead atoms. The van der Waals surface area contributed by atoms with Gasteiger partial charge >= 0.3 is 22.2 Å². The van der Waals surface area contributed by atoms with Crippen LogP contribution in [-0.2, 0) is 39.1 Å². The van der Waals surface area contributed by atoms with Crippen molar-refractivity contribution in [2.24, 2.45) is 5.16 Å². The standard InChI is InChI=1S/C19H25N5O14S2/c1-5-7(15(29)24(5)40(34,35)36)21-13(28)8(23-38-19(2,3)17(32)33)6-4-39-18(20-6)22-14-11(27)9(25)10(26)12(37-14)16(30)31/h4-5,7,9-12,14,25-27H,1-3H3,(H,20,22)(H,21,28)(H,30,31)(H,32,33)(H,34,35,36)/b23-8-/t5-,7-,9?,10?,11?,12?,14?/m0/s1. The summed E-state index contributed by atoms with van der Waals surface area (Å²) in [4.78, 5) is 57.0. The second-order valence-electron chi connectivity index (χ2n) is 9.12. The van der Waals surface area contributed by atoms with E-state index in [2.05, 4.69) is 20.8 Å². The first-order valence-electron chi connectivity index (χ1n) is 11.1. The van der Waals surface area contributed by atoms with Crippen LogP contribution in [0.25, 0.3) is 0 Å². The van der Waals surface area contributed by atoms with Gasteiger partial charge in [0.15, 0.2) is 23.2 Å². The minimum absolute atomic E-state index is 0.129. The van der Waals surface area contributed by atoms with E-state index in [-0.39, 0.29) is 15.1 Å². The van der Waals surface area contributed by atoms with E-state index in [0.29, 0.717) is 0 Å². The molecule has 1 aromatic rings. The second kappa shape index (κ2) is 11.2. The molecule has 3 heterocycles. The zero-order chi connectivity index (χ0) is 30.3. The maximum absolute atomic E-state index is 13.0. The van der Waals surface area contributed by atoms with Crippen LogP contribution in [0.1, 0.15) is 26.5 Å². The Morgan fingerprint density at radius 1 is 1.18 bits per heavy atom. The summed E-state index contributed by atoms with van der Waals surface area (Å²) in [5.41, 5.74) is -2.89. The number of hydrogen-bond donors (Lipinski definition) is 8. The molecular formula is C19H25N5O14S2. The largest absolute Gasteiger partial charge is 0.479 e. The number of rotatable bonds is 10. The van der Waals surface area contributed by atoms with Crippen molar-refractivity contribution in [3.63, 3.8) is 0 Å². The molecule has 19 nitrogen and oxygen atoms in total. The minimum Gasteiger partial charge on any atom is -0.479 e. The van der Waals surface area contributed by atoms with Crippen LogP contribution in [0.4, 0.5) is 5.13 Å². The molecule has 0 spiro atoms. The third-order valence-electron chi connectivity index (χ3n) is 5.84. The number of anilines is 1. The van der Waals surface area contributed by atoms with Crippen molar-refractivity contribution >= 4 is 56.2 Å². The van der Waals surface area contributed by atoms with Crippen molar-refractivity contribution in [3.8, 4) is 0 Å². The van der Waals surface area contributed by atoms with Crippen LogP contribution in [0.3, 0.4) is 0 Å². The number of hydrogen-bond acceptors (Lipinski definition) is 15. The molecule has 8 N–H and O–H groups in total. The number of ether oxygens (including phenoxy) is 1. The van der Waals surface area contributed by atoms with Gasteiger partial charge < -0.3 is 45.7 Å². The Morgan fingerprint density at radius 3 is 2.33 bits per heavy atom. The Kier molecular flexibility index (Phi) is 8.69. The highest BCUT2D eigenvalue weighted by Crippen LogP contribution is 2.26. The Hall–Kier alpha value is -3.47. The van der Waals surface area contributed by atoms with Crippen molar-refractivity contribution in [1.29, 1.82) is 0 Å². The van der Waals surface area contributed by atoms with Gasteiger partial charge in [-0.2, -0.15) is 8.42 Å². The molecule has 2 fully saturated rings. The molecule has 2 aliphatic rings. The Morgan fingerprint density at radius 2 is 1.80 bits per heavy atom. The number of β-lactam (4-membered cyclic amide) rings is 1. The molecule has 1 aromatic heterocycles. The fraction of sp³-hybridized carbons (Fsp3) is 0.579. The van der Waals surface area contributed by atoms with Crippen molar-refractivity contribution in [2.75, 3.05) is 5.32 Å². The monoisotopic (exact) mass is 611 g/mol. The molecule has 0 aromatic carbocycles. The topological polar surface area (TPSA) is 295 Å². The molecule has 0 aliphatic carbocycles. The molecule has 0 saturated carbocycles. The molecule has 222 valence electrons. The highest BCUT2D eigenvalue weighted by molar-refractivity contribution is 7.84. The van der Waals surface area contributed by atoms with Crippen LogP contribution < -0.4 is 10.6 Å². The van der Waals surface area contributed by atoms with Crippen LogP contribution >= 0.6 is 11.3 Å². The second-order valence-corrected chi connectivity index (χ2v) is 11.3. The number of carbonyl (C=O) groups excluding carboxylic acids is 2. The minimum atomic E-state index is -4.89. The van der Waals surface area contributed by atoms with E-state index in [9.17, 15) is 53.1 Å². The molecule has 7 atom stereocenters. The van der Waals surface area contributed by atoms with Crippen molar-refractivity contribution in [1.82, 2.24) is 14.6 Å². The van der Waals surface area contributed by atoms with Crippen molar-refractivity contribution in [3.05, 3.63) is 11.1 Å². The number of aliphatic hydroxyl groups is 3. The van der Waals surface area contributed by atoms with Gasteiger partial charge in [0.1, 0.15) is 30.0 Å². The molecule has 3 rings (SSSR count). The Balaban J connectivity index is 1.86. The predicted octanol–water partition coefficient (Wildman–Crippen LogP) is -3.45. The first-order chi connectivity index (χ1) is 18.4. The van der Waals surface area contributed by atoms with Crippen molar-refractivity contribution < 1.29 is 67.3 Å². The fourth-order valence-corrected chi connectivity index (χ4v) is 5.10. The molecule has 5 unspecified atom stereocenters. The van der Waals surface area contributed by atoms with E-state index >= 15 is 0 Å². The summed E-state index contributed by atoms with van der Waals surface area (Å²) in [6.45, 7) is 3.45. The van der Waals surface area contributed by atoms with Gasteiger partial charge in [-0.05, 0) is 20.8 Å². The number of nitrogens with one attached hydrogen (secondary N) is 2. The van der Waals surface area contributed by atoms with Crippen molar-refractivity contribution in [2.45, 2.75) is 69.1 Å². The summed E-state index contributed by atoms with van der Waals surface area (Å²) >= 11 is 0.761. The van der Waals surface area contributed by atoms with Crippen LogP contribution in [0.2, 0.25) is 0 Å². The number of oxime groups is 1. The average molecular weight is 612 g/mol. The number of carboxylic acid groups (broad SMARTS) is 2. The quantitative estimate of drug-likeness (QED) is 0.0552. The molecule has 2 aliphatic heterocycles. The normalized spacial score (nSPS) is 29.4. The zero-order valence-electron chi connectivity index (χ0n) is 20.7. The van der Waals surface area contributed by atoms with Gasteiger partial charge in [0, 0.05) is 5.38 Å². The summed E-state index contributed by atoms with van der Waals surface area (Å²) in [6, 6.07) is -2.61. The summed E-state index contributed by atoms with van der Waals surface area (Å²) in [5.74, 6) is -5.40. The van der Waals surface area contributed by atoms with Gasteiger partial charge in [-0.1, -0.05) is 5.16 Å². The first-order valence-corrected chi connectivity index (χ1v) is 13.4. The van der Waals surface area contributed by atoms with Gasteiger partial charge in [0.2, 0.25) is 5.60 Å². The van der Waals surface area contributed by atoms with E-state index in [0.717, 1.165) is 25.2 Å². The van der Waals surface area contributed by atoms with Crippen LogP contribution in [0.15, 0.2) is 10.5 Å². The molecule has 21 heteroatoms. The molecule has 2 amide bonds. The first kappa shape index (κ1) is 31.1. The molecular weight excluding hydrogens is 586 g/mol. The van der Waals surface area contributed by atoms with Gasteiger partial charge in [-0.25, -0.2) is 18.9 Å². The van der Waals surface area contributed by atoms with E-state index in [1.807, 2.05) is 0 Å². The Bertz CT molecular complexity index is 1330. The maximum Gasteiger partial charge on any atom is 0.362 e. The lowest BCUT2D eigenvalue weighted by Crippen LogP contribution is -2.71.